The Morgan fingerprint density at radius 3 is 2.50 bits per heavy atom. The van der Waals surface area contributed by atoms with E-state index in [0.29, 0.717) is 0 Å². The molecule has 0 aliphatic carbocycles. The Balaban J connectivity index is 1.97. The van der Waals surface area contributed by atoms with Gasteiger partial charge in [0.1, 0.15) is 0 Å². The Kier molecular flexibility index (Phi) is 5.79. The van der Waals surface area contributed by atoms with Gasteiger partial charge in [-0.25, -0.2) is 0 Å². The molecule has 0 unspecified atom stereocenters. The van der Waals surface area contributed by atoms with E-state index in [-0.39, 0.29) is 5.41 Å². The van der Waals surface area contributed by atoms with Crippen LogP contribution in [0.15, 0.2) is 0 Å². The third kappa shape index (κ3) is 5.48. The fourth-order valence-electron chi connectivity index (χ4n) is 2.00. The van der Waals surface area contributed by atoms with Gasteiger partial charge >= 0.3 is 0 Å². The first kappa shape index (κ1) is 13.5. The molecule has 1 saturated heterocycles. The Morgan fingerprint density at radius 1 is 1.19 bits per heavy atom. The molecule has 16 heavy (non-hydrogen) atoms. The van der Waals surface area contributed by atoms with Crippen LogP contribution in [0.1, 0.15) is 39.5 Å². The summed E-state index contributed by atoms with van der Waals surface area (Å²) in [5.74, 6) is 0. The number of hydrogen-bond donors (Lipinski definition) is 1. The fourth-order valence-corrected chi connectivity index (χ4v) is 2.00. The molecule has 0 amide bonds. The van der Waals surface area contributed by atoms with Crippen molar-refractivity contribution in [2.45, 2.75) is 39.5 Å². The zero-order chi connectivity index (χ0) is 11.9. The third-order valence-electron chi connectivity index (χ3n) is 3.28. The molecule has 1 N–H and O–H groups in total. The minimum absolute atomic E-state index is 0.182. The third-order valence-corrected chi connectivity index (χ3v) is 3.28. The first-order valence-corrected chi connectivity index (χ1v) is 6.48. The maximum Gasteiger partial charge on any atom is 0.0684 e. The lowest BCUT2D eigenvalue weighted by molar-refractivity contribution is 0.228. The Hall–Kier alpha value is -0.590. The molecule has 0 bridgehead atoms. The molecule has 1 aliphatic heterocycles. The smallest absolute Gasteiger partial charge is 0.0684 e. The first-order valence-electron chi connectivity index (χ1n) is 6.48. The van der Waals surface area contributed by atoms with Gasteiger partial charge in [-0.3, -0.25) is 0 Å². The summed E-state index contributed by atoms with van der Waals surface area (Å²) in [5.41, 5.74) is -0.182. The van der Waals surface area contributed by atoms with Gasteiger partial charge in [-0.05, 0) is 52.7 Å². The van der Waals surface area contributed by atoms with Crippen LogP contribution in [0.2, 0.25) is 0 Å². The van der Waals surface area contributed by atoms with Crippen molar-refractivity contribution in [3.8, 4) is 6.07 Å². The second-order valence-corrected chi connectivity index (χ2v) is 5.40. The predicted molar refractivity (Wildman–Crippen MR) is 67.2 cm³/mol. The van der Waals surface area contributed by atoms with E-state index in [1.54, 1.807) is 0 Å². The summed E-state index contributed by atoms with van der Waals surface area (Å²) in [6, 6.07) is 2.33. The quantitative estimate of drug-likeness (QED) is 0.700. The molecule has 1 fully saturated rings. The van der Waals surface area contributed by atoms with Crippen molar-refractivity contribution in [3.05, 3.63) is 0 Å². The van der Waals surface area contributed by atoms with Crippen LogP contribution < -0.4 is 5.32 Å². The zero-order valence-electron chi connectivity index (χ0n) is 10.8. The van der Waals surface area contributed by atoms with Gasteiger partial charge in [-0.1, -0.05) is 6.42 Å². The van der Waals surface area contributed by atoms with Crippen LogP contribution in [0.5, 0.6) is 0 Å². The van der Waals surface area contributed by atoms with Crippen LogP contribution in [0.4, 0.5) is 0 Å². The van der Waals surface area contributed by atoms with Gasteiger partial charge < -0.3 is 10.2 Å². The summed E-state index contributed by atoms with van der Waals surface area (Å²) < 4.78 is 0. The van der Waals surface area contributed by atoms with Crippen molar-refractivity contribution in [2.24, 2.45) is 5.41 Å². The lowest BCUT2D eigenvalue weighted by Gasteiger charge is -2.26. The van der Waals surface area contributed by atoms with E-state index < -0.39 is 0 Å². The Labute approximate surface area is 99.8 Å². The lowest BCUT2D eigenvalue weighted by Crippen LogP contribution is -2.36. The minimum Gasteiger partial charge on any atom is -0.315 e. The molecule has 0 atom stereocenters. The molecule has 92 valence electrons. The second-order valence-electron chi connectivity index (χ2n) is 5.40. The molecule has 1 aliphatic rings. The maximum atomic E-state index is 8.87. The summed E-state index contributed by atoms with van der Waals surface area (Å²) in [7, 11) is 0. The van der Waals surface area contributed by atoms with Crippen LogP contribution in [-0.4, -0.2) is 37.6 Å². The summed E-state index contributed by atoms with van der Waals surface area (Å²) in [5, 5.41) is 12.3. The highest BCUT2D eigenvalue weighted by Crippen LogP contribution is 2.16. The van der Waals surface area contributed by atoms with Gasteiger partial charge in [0.05, 0.1) is 11.5 Å². The van der Waals surface area contributed by atoms with Crippen LogP contribution >= 0.6 is 0 Å². The monoisotopic (exact) mass is 223 g/mol. The number of nitrogens with zero attached hydrogens (tertiary/aromatic N) is 2. The minimum atomic E-state index is -0.182. The van der Waals surface area contributed by atoms with E-state index in [1.807, 2.05) is 13.8 Å². The first-order chi connectivity index (χ1) is 7.64. The van der Waals surface area contributed by atoms with Crippen LogP contribution in [0, 0.1) is 16.7 Å². The van der Waals surface area contributed by atoms with Crippen LogP contribution in [0.25, 0.3) is 0 Å². The molecule has 1 heterocycles. The van der Waals surface area contributed by atoms with Gasteiger partial charge in [0.25, 0.3) is 0 Å². The van der Waals surface area contributed by atoms with E-state index in [2.05, 4.69) is 16.3 Å². The van der Waals surface area contributed by atoms with Gasteiger partial charge in [0.2, 0.25) is 0 Å². The molecule has 0 spiro atoms. The molecule has 0 saturated carbocycles. The number of likely N-dealkylation sites (tertiary alicyclic amines) is 1. The van der Waals surface area contributed by atoms with Crippen LogP contribution in [-0.2, 0) is 0 Å². The molecule has 3 heteroatoms. The van der Waals surface area contributed by atoms with Crippen molar-refractivity contribution in [2.75, 3.05) is 32.7 Å². The SMILES string of the molecule is CC(C)(C#N)CCNCCN1CCCCC1. The lowest BCUT2D eigenvalue weighted by atomic mass is 9.91. The number of hydrogen-bond acceptors (Lipinski definition) is 3. The number of nitrogens with one attached hydrogen (secondary N) is 1. The van der Waals surface area contributed by atoms with Gasteiger partial charge in [0.15, 0.2) is 0 Å². The predicted octanol–water partition coefficient (Wildman–Crippen LogP) is 2.00. The molecular formula is C13H25N3. The van der Waals surface area contributed by atoms with Gasteiger partial charge in [-0.2, -0.15) is 5.26 Å². The van der Waals surface area contributed by atoms with E-state index in [1.165, 1.54) is 32.4 Å². The zero-order valence-corrected chi connectivity index (χ0v) is 10.8. The molecule has 1 rings (SSSR count). The van der Waals surface area contributed by atoms with Crippen molar-refractivity contribution in [1.82, 2.24) is 10.2 Å². The number of piperidine rings is 1. The average molecular weight is 223 g/mol. The number of rotatable bonds is 6. The Bertz CT molecular complexity index is 224. The molecule has 0 aromatic rings. The van der Waals surface area contributed by atoms with E-state index in [0.717, 1.165) is 26.1 Å². The maximum absolute atomic E-state index is 8.87. The summed E-state index contributed by atoms with van der Waals surface area (Å²) in [6.45, 7) is 9.71. The van der Waals surface area contributed by atoms with Crippen molar-refractivity contribution in [3.63, 3.8) is 0 Å². The van der Waals surface area contributed by atoms with E-state index >= 15 is 0 Å². The normalized spacial score (nSPS) is 18.3. The largest absolute Gasteiger partial charge is 0.315 e. The number of nitriles is 1. The van der Waals surface area contributed by atoms with Gasteiger partial charge in [-0.15, -0.1) is 0 Å². The standard InChI is InChI=1S/C13H25N3/c1-13(2,12-14)6-7-15-8-11-16-9-4-3-5-10-16/h15H,3-11H2,1-2H3. The molecule has 0 aromatic carbocycles. The molecular weight excluding hydrogens is 198 g/mol. The van der Waals surface area contributed by atoms with Crippen LogP contribution in [0.3, 0.4) is 0 Å². The summed E-state index contributed by atoms with van der Waals surface area (Å²) >= 11 is 0. The average Bonchev–Trinajstić information content (AvgIpc) is 2.30. The highest BCUT2D eigenvalue weighted by Gasteiger charge is 2.15. The van der Waals surface area contributed by atoms with Crippen molar-refractivity contribution >= 4 is 0 Å². The second kappa shape index (κ2) is 6.88. The summed E-state index contributed by atoms with van der Waals surface area (Å²) in [4.78, 5) is 2.53. The fraction of sp³-hybridized carbons (Fsp3) is 0.923. The van der Waals surface area contributed by atoms with Crippen molar-refractivity contribution < 1.29 is 0 Å². The highest BCUT2D eigenvalue weighted by atomic mass is 15.1. The van der Waals surface area contributed by atoms with E-state index in [9.17, 15) is 0 Å². The summed E-state index contributed by atoms with van der Waals surface area (Å²) in [6.07, 6.45) is 5.06. The van der Waals surface area contributed by atoms with Crippen molar-refractivity contribution in [1.29, 1.82) is 5.26 Å². The Morgan fingerprint density at radius 2 is 1.88 bits per heavy atom. The van der Waals surface area contributed by atoms with Gasteiger partial charge in [0, 0.05) is 13.1 Å². The molecule has 0 aromatic heterocycles. The molecule has 3 nitrogen and oxygen atoms in total. The topological polar surface area (TPSA) is 39.1 Å². The molecule has 0 radical (unpaired) electrons. The highest BCUT2D eigenvalue weighted by molar-refractivity contribution is 4.91. The van der Waals surface area contributed by atoms with E-state index in [4.69, 9.17) is 5.26 Å².